The second kappa shape index (κ2) is 8.03. The van der Waals surface area contributed by atoms with Crippen LogP contribution >= 0.6 is 7.60 Å². The molecule has 0 radical (unpaired) electrons. The molecule has 100 valence electrons. The molecule has 0 bridgehead atoms. The van der Waals surface area contributed by atoms with E-state index in [0.29, 0.717) is 13.2 Å². The topological polar surface area (TPSA) is 59.9 Å². The van der Waals surface area contributed by atoms with E-state index in [0.717, 1.165) is 5.69 Å². The zero-order valence-corrected chi connectivity index (χ0v) is 11.6. The molecule has 0 aromatic heterocycles. The fourth-order valence-corrected chi connectivity index (χ4v) is 2.66. The van der Waals surface area contributed by atoms with Gasteiger partial charge in [-0.3, -0.25) is 9.99 Å². The van der Waals surface area contributed by atoms with Gasteiger partial charge in [0.25, 0.3) is 0 Å². The molecule has 1 aromatic rings. The molecule has 0 spiro atoms. The summed E-state index contributed by atoms with van der Waals surface area (Å²) >= 11 is 0. The van der Waals surface area contributed by atoms with Crippen LogP contribution in [0.5, 0.6) is 0 Å². The lowest BCUT2D eigenvalue weighted by Crippen LogP contribution is -2.02. The Morgan fingerprint density at radius 1 is 1.22 bits per heavy atom. The molecule has 18 heavy (non-hydrogen) atoms. The third-order valence-corrected chi connectivity index (χ3v) is 3.93. The van der Waals surface area contributed by atoms with Crippen LogP contribution in [0.2, 0.25) is 0 Å². The maximum atomic E-state index is 12.1. The van der Waals surface area contributed by atoms with Crippen LogP contribution < -0.4 is 5.43 Å². The zero-order valence-electron chi connectivity index (χ0n) is 10.7. The molecule has 0 aliphatic carbocycles. The number of nitrogens with one attached hydrogen (secondary N) is 1. The van der Waals surface area contributed by atoms with Crippen molar-refractivity contribution in [2.75, 3.05) is 24.8 Å². The van der Waals surface area contributed by atoms with E-state index in [1.54, 1.807) is 13.8 Å². The largest absolute Gasteiger partial charge is 0.336 e. The Labute approximate surface area is 108 Å². The Bertz CT molecular complexity index is 399. The van der Waals surface area contributed by atoms with Crippen LogP contribution in [0.3, 0.4) is 0 Å². The lowest BCUT2D eigenvalue weighted by atomic mass is 10.3. The van der Waals surface area contributed by atoms with Crippen LogP contribution in [-0.4, -0.2) is 25.6 Å². The highest BCUT2D eigenvalue weighted by Crippen LogP contribution is 2.46. The second-order valence-electron chi connectivity index (χ2n) is 3.42. The standard InChI is InChI=1S/C12H19N2O3P/c1-3-16-18(15,17-4-2)11-10-13-14-12-8-6-5-7-9-12/h5-10,14H,3-4,11H2,1-2H3/b13-10+. The van der Waals surface area contributed by atoms with Gasteiger partial charge in [-0.25, -0.2) is 0 Å². The second-order valence-corrected chi connectivity index (χ2v) is 5.52. The average Bonchev–Trinajstić information content (AvgIpc) is 2.37. The van der Waals surface area contributed by atoms with Crippen molar-refractivity contribution in [3.63, 3.8) is 0 Å². The highest BCUT2D eigenvalue weighted by molar-refractivity contribution is 7.54. The van der Waals surface area contributed by atoms with Crippen molar-refractivity contribution >= 4 is 19.5 Å². The molecule has 1 rings (SSSR count). The van der Waals surface area contributed by atoms with Crippen molar-refractivity contribution in [2.45, 2.75) is 13.8 Å². The van der Waals surface area contributed by atoms with Crippen LogP contribution in [-0.2, 0) is 13.6 Å². The van der Waals surface area contributed by atoms with Crippen LogP contribution in [0.15, 0.2) is 35.4 Å². The van der Waals surface area contributed by atoms with Crippen LogP contribution in [0.4, 0.5) is 5.69 Å². The summed E-state index contributed by atoms with van der Waals surface area (Å²) in [6.45, 7) is 4.28. The molecular formula is C12H19N2O3P. The molecule has 0 heterocycles. The first-order valence-corrected chi connectivity index (χ1v) is 7.63. The molecule has 0 atom stereocenters. The highest BCUT2D eigenvalue weighted by Gasteiger charge is 2.21. The fraction of sp³-hybridized carbons (Fsp3) is 0.417. The van der Waals surface area contributed by atoms with Crippen LogP contribution in [0.25, 0.3) is 0 Å². The van der Waals surface area contributed by atoms with Gasteiger partial charge in [-0.2, -0.15) is 5.10 Å². The predicted octanol–water partition coefficient (Wildman–Crippen LogP) is 3.35. The molecule has 1 aromatic carbocycles. The monoisotopic (exact) mass is 270 g/mol. The Morgan fingerprint density at radius 3 is 2.39 bits per heavy atom. The first-order chi connectivity index (χ1) is 8.70. The quantitative estimate of drug-likeness (QED) is 0.447. The van der Waals surface area contributed by atoms with Crippen molar-refractivity contribution in [3.05, 3.63) is 30.3 Å². The zero-order chi connectivity index (χ0) is 13.3. The third-order valence-electron chi connectivity index (χ3n) is 2.02. The summed E-state index contributed by atoms with van der Waals surface area (Å²) in [6, 6.07) is 9.52. The summed E-state index contributed by atoms with van der Waals surface area (Å²) in [4.78, 5) is 0. The average molecular weight is 270 g/mol. The van der Waals surface area contributed by atoms with Crippen LogP contribution in [0, 0.1) is 0 Å². The number of hydrogen-bond acceptors (Lipinski definition) is 5. The molecule has 0 aliphatic rings. The predicted molar refractivity (Wildman–Crippen MR) is 74.3 cm³/mol. The summed E-state index contributed by atoms with van der Waals surface area (Å²) in [6.07, 6.45) is 1.67. The number of rotatable bonds is 8. The summed E-state index contributed by atoms with van der Waals surface area (Å²) in [5.41, 5.74) is 3.71. The van der Waals surface area contributed by atoms with Gasteiger partial charge in [-0.1, -0.05) is 18.2 Å². The number of benzene rings is 1. The summed E-state index contributed by atoms with van der Waals surface area (Å²) < 4.78 is 22.3. The molecule has 0 amide bonds. The Hall–Kier alpha value is -1.16. The Kier molecular flexibility index (Phi) is 6.65. The van der Waals surface area contributed by atoms with E-state index in [1.807, 2.05) is 30.3 Å². The SMILES string of the molecule is CCOP(=O)(C/C=N/Nc1ccccc1)OCC. The molecule has 0 fully saturated rings. The number of hydrogen-bond donors (Lipinski definition) is 1. The maximum absolute atomic E-state index is 12.1. The van der Waals surface area contributed by atoms with Gasteiger partial charge in [0.2, 0.25) is 0 Å². The lowest BCUT2D eigenvalue weighted by molar-refractivity contribution is 0.223. The van der Waals surface area contributed by atoms with Crippen molar-refractivity contribution < 1.29 is 13.6 Å². The normalized spacial score (nSPS) is 11.9. The Balaban J connectivity index is 2.45. The molecule has 0 saturated heterocycles. The molecule has 6 heteroatoms. The number of anilines is 1. The van der Waals surface area contributed by atoms with E-state index in [9.17, 15) is 4.57 Å². The van der Waals surface area contributed by atoms with Gasteiger partial charge in [-0.15, -0.1) is 0 Å². The van der Waals surface area contributed by atoms with Gasteiger partial charge in [0, 0.05) is 6.21 Å². The van der Waals surface area contributed by atoms with E-state index in [-0.39, 0.29) is 6.16 Å². The minimum Gasteiger partial charge on any atom is -0.309 e. The van der Waals surface area contributed by atoms with Crippen molar-refractivity contribution in [3.8, 4) is 0 Å². The fourth-order valence-electron chi connectivity index (χ4n) is 1.31. The molecule has 5 nitrogen and oxygen atoms in total. The smallest absolute Gasteiger partial charge is 0.309 e. The summed E-state index contributed by atoms with van der Waals surface area (Å²) in [7, 11) is -3.03. The van der Waals surface area contributed by atoms with E-state index in [4.69, 9.17) is 9.05 Å². The number of nitrogens with zero attached hydrogens (tertiary/aromatic N) is 1. The van der Waals surface area contributed by atoms with E-state index in [2.05, 4.69) is 10.5 Å². The van der Waals surface area contributed by atoms with Gasteiger partial charge >= 0.3 is 7.60 Å². The summed E-state index contributed by atoms with van der Waals surface area (Å²) in [5, 5.41) is 3.98. The maximum Gasteiger partial charge on any atom is 0.336 e. The van der Waals surface area contributed by atoms with Gasteiger partial charge in [0.05, 0.1) is 25.1 Å². The molecule has 1 N–H and O–H groups in total. The van der Waals surface area contributed by atoms with E-state index >= 15 is 0 Å². The first kappa shape index (κ1) is 14.9. The molecule has 0 unspecified atom stereocenters. The number of para-hydroxylation sites is 1. The van der Waals surface area contributed by atoms with Crippen molar-refractivity contribution in [2.24, 2.45) is 5.10 Å². The van der Waals surface area contributed by atoms with Gasteiger partial charge in [0.15, 0.2) is 0 Å². The van der Waals surface area contributed by atoms with E-state index in [1.165, 1.54) is 6.21 Å². The summed E-state index contributed by atoms with van der Waals surface area (Å²) in [5.74, 6) is 0. The van der Waals surface area contributed by atoms with Crippen molar-refractivity contribution in [1.82, 2.24) is 0 Å². The number of hydrazone groups is 1. The minimum atomic E-state index is -3.03. The van der Waals surface area contributed by atoms with E-state index < -0.39 is 7.60 Å². The molecule has 0 aliphatic heterocycles. The highest BCUT2D eigenvalue weighted by atomic mass is 31.2. The van der Waals surface area contributed by atoms with Gasteiger partial charge in [-0.05, 0) is 26.0 Å². The van der Waals surface area contributed by atoms with Crippen molar-refractivity contribution in [1.29, 1.82) is 0 Å². The lowest BCUT2D eigenvalue weighted by Gasteiger charge is -2.14. The third kappa shape index (κ3) is 5.45. The van der Waals surface area contributed by atoms with Crippen LogP contribution in [0.1, 0.15) is 13.8 Å². The first-order valence-electron chi connectivity index (χ1n) is 5.91. The van der Waals surface area contributed by atoms with Gasteiger partial charge < -0.3 is 9.05 Å². The van der Waals surface area contributed by atoms with Gasteiger partial charge in [0.1, 0.15) is 0 Å². The molecule has 0 saturated carbocycles. The molecular weight excluding hydrogens is 251 g/mol. The minimum absolute atomic E-state index is 0.161. The Morgan fingerprint density at radius 2 is 1.83 bits per heavy atom.